The molecule has 9 rings (SSSR count). The normalized spacial score (nSPS) is 14.7. The lowest BCUT2D eigenvalue weighted by molar-refractivity contribution is 0.415. The number of hydrogen-bond acceptors (Lipinski definition) is 3. The van der Waals surface area contributed by atoms with Gasteiger partial charge in [-0.3, -0.25) is 4.74 Å². The topological polar surface area (TPSA) is 45.7 Å². The highest BCUT2D eigenvalue weighted by atomic mass is 79.9. The van der Waals surface area contributed by atoms with Crippen LogP contribution in [0.3, 0.4) is 0 Å². The van der Waals surface area contributed by atoms with Crippen LogP contribution in [-0.2, 0) is 0 Å². The first-order chi connectivity index (χ1) is 25.0. The van der Waals surface area contributed by atoms with Gasteiger partial charge in [-0.15, -0.1) is 0 Å². The molecule has 0 unspecified atom stereocenters. The summed E-state index contributed by atoms with van der Waals surface area (Å²) < 4.78 is 22.4. The third-order valence-corrected chi connectivity index (χ3v) is 10.9. The van der Waals surface area contributed by atoms with Crippen LogP contribution in [0.25, 0.3) is 43.5 Å². The highest BCUT2D eigenvalue weighted by Crippen LogP contribution is 2.43. The second-order valence-electron chi connectivity index (χ2n) is 13.6. The van der Waals surface area contributed by atoms with Gasteiger partial charge in [-0.1, -0.05) is 125 Å². The van der Waals surface area contributed by atoms with Crippen LogP contribution in [0.2, 0.25) is 0 Å². The van der Waals surface area contributed by atoms with Gasteiger partial charge < -0.3 is 9.52 Å². The van der Waals surface area contributed by atoms with E-state index in [-0.39, 0.29) is 13.2 Å². The Labute approximate surface area is 318 Å². The number of para-hydroxylation sites is 1. The van der Waals surface area contributed by atoms with Gasteiger partial charge in [0.2, 0.25) is 0 Å². The van der Waals surface area contributed by atoms with Crippen LogP contribution < -0.4 is 0 Å². The van der Waals surface area contributed by atoms with Crippen molar-refractivity contribution in [3.8, 4) is 5.75 Å². The van der Waals surface area contributed by atoms with Gasteiger partial charge in [-0.2, -0.15) is 0 Å². The van der Waals surface area contributed by atoms with Gasteiger partial charge in [0.25, 0.3) is 0 Å². The van der Waals surface area contributed by atoms with Crippen molar-refractivity contribution in [3.63, 3.8) is 0 Å². The van der Waals surface area contributed by atoms with Crippen molar-refractivity contribution in [2.75, 3.05) is 7.05 Å². The lowest BCUT2D eigenvalue weighted by Crippen LogP contribution is -2.04. The van der Waals surface area contributed by atoms with Crippen LogP contribution in [0, 0.1) is 5.82 Å². The van der Waals surface area contributed by atoms with Crippen LogP contribution in [0.4, 0.5) is 4.39 Å². The molecular formula is C46H50BrFNO2P. The fourth-order valence-electron chi connectivity index (χ4n) is 7.74. The summed E-state index contributed by atoms with van der Waals surface area (Å²) in [4.78, 5) is 0. The van der Waals surface area contributed by atoms with Crippen LogP contribution in [0.5, 0.6) is 5.75 Å². The largest absolute Gasteiger partial charge is 0.508 e. The molecule has 1 aromatic heterocycles. The molecule has 0 spiro atoms. The Morgan fingerprint density at radius 3 is 1.73 bits per heavy atom. The number of benzene rings is 6. The summed E-state index contributed by atoms with van der Waals surface area (Å²) in [5, 5.41) is 17.7. The quantitative estimate of drug-likeness (QED) is 0.178. The van der Waals surface area contributed by atoms with E-state index in [1.807, 2.05) is 12.1 Å². The summed E-state index contributed by atoms with van der Waals surface area (Å²) in [5.41, 5.74) is 4.71. The van der Waals surface area contributed by atoms with E-state index in [4.69, 9.17) is 4.42 Å². The van der Waals surface area contributed by atoms with Crippen LogP contribution in [0.15, 0.2) is 129 Å². The molecule has 2 fully saturated rings. The molecule has 1 heterocycles. The van der Waals surface area contributed by atoms with Crippen molar-refractivity contribution in [3.05, 3.63) is 137 Å². The number of furan rings is 1. The number of phenols is 1. The van der Waals surface area contributed by atoms with Gasteiger partial charge in [0.15, 0.2) is 0 Å². The van der Waals surface area contributed by atoms with E-state index in [9.17, 15) is 9.50 Å². The molecular weight excluding hydrogens is 728 g/mol. The number of nitrogens with zero attached hydrogens (tertiary/aromatic N) is 1. The SMILES string of the molecule is C.CN=P.Fc1ccccc1Br.Oc1cc2ccccc2cc1C1CCCCC1.c1ccc2c(c1)cc(C1CCCCC1)c1oc3ccccc3c12. The maximum absolute atomic E-state index is 12.3. The average molecular weight is 779 g/mol. The van der Waals surface area contributed by atoms with Crippen molar-refractivity contribution in [1.82, 2.24) is 0 Å². The summed E-state index contributed by atoms with van der Waals surface area (Å²) in [6.07, 6.45) is 13.1. The smallest absolute Gasteiger partial charge is 0.139 e. The first-order valence-electron chi connectivity index (χ1n) is 18.2. The van der Waals surface area contributed by atoms with E-state index < -0.39 is 0 Å². The third kappa shape index (κ3) is 9.29. The zero-order chi connectivity index (χ0) is 35.6. The van der Waals surface area contributed by atoms with Crippen LogP contribution in [-0.4, -0.2) is 12.2 Å². The number of fused-ring (bicyclic) bond motifs is 6. The fourth-order valence-corrected chi connectivity index (χ4v) is 8.03. The van der Waals surface area contributed by atoms with Crippen molar-refractivity contribution in [1.29, 1.82) is 0 Å². The number of hydrogen-bond donors (Lipinski definition) is 1. The second-order valence-corrected chi connectivity index (χ2v) is 14.9. The molecule has 0 aliphatic heterocycles. The van der Waals surface area contributed by atoms with E-state index in [1.165, 1.54) is 103 Å². The molecule has 52 heavy (non-hydrogen) atoms. The van der Waals surface area contributed by atoms with Gasteiger partial charge in [0, 0.05) is 17.8 Å². The Morgan fingerprint density at radius 2 is 1.13 bits per heavy atom. The Bertz CT molecular complexity index is 2200. The Hall–Kier alpha value is -4.05. The third-order valence-electron chi connectivity index (χ3n) is 10.2. The molecule has 7 aromatic rings. The van der Waals surface area contributed by atoms with Gasteiger partial charge in [0.05, 0.1) is 4.47 Å². The Balaban J connectivity index is 0.000000158. The molecule has 2 saturated carbocycles. The van der Waals surface area contributed by atoms with E-state index in [0.29, 0.717) is 22.1 Å². The lowest BCUT2D eigenvalue weighted by atomic mass is 9.82. The summed E-state index contributed by atoms with van der Waals surface area (Å²) in [7, 11) is 4.47. The average Bonchev–Trinajstić information content (AvgIpc) is 3.57. The maximum atomic E-state index is 12.3. The first kappa shape index (κ1) is 39.2. The molecule has 2 aliphatic rings. The monoisotopic (exact) mass is 777 g/mol. The molecule has 0 amide bonds. The summed E-state index contributed by atoms with van der Waals surface area (Å²) in [5.74, 6) is 1.48. The lowest BCUT2D eigenvalue weighted by Gasteiger charge is -2.23. The molecule has 3 nitrogen and oxygen atoms in total. The molecule has 270 valence electrons. The van der Waals surface area contributed by atoms with Crippen LogP contribution >= 0.6 is 25.0 Å². The minimum absolute atomic E-state index is 0. The Kier molecular flexibility index (Phi) is 14.4. The highest BCUT2D eigenvalue weighted by Gasteiger charge is 2.23. The van der Waals surface area contributed by atoms with Crippen molar-refractivity contribution < 1.29 is 13.9 Å². The van der Waals surface area contributed by atoms with Crippen molar-refractivity contribution in [2.24, 2.45) is 4.74 Å². The van der Waals surface area contributed by atoms with Crippen LogP contribution in [0.1, 0.15) is 94.6 Å². The van der Waals surface area contributed by atoms with E-state index in [1.54, 1.807) is 25.2 Å². The number of rotatable bonds is 2. The predicted molar refractivity (Wildman–Crippen MR) is 226 cm³/mol. The number of halogens is 2. The van der Waals surface area contributed by atoms with E-state index in [0.717, 1.165) is 22.1 Å². The second kappa shape index (κ2) is 19.1. The molecule has 2 aliphatic carbocycles. The van der Waals surface area contributed by atoms with Crippen molar-refractivity contribution >= 4 is 68.4 Å². The summed E-state index contributed by atoms with van der Waals surface area (Å²) >= 11 is 3.02. The molecule has 1 N–H and O–H groups in total. The highest BCUT2D eigenvalue weighted by molar-refractivity contribution is 9.10. The van der Waals surface area contributed by atoms with Gasteiger partial charge in [0.1, 0.15) is 22.7 Å². The fraction of sp³-hybridized carbons (Fsp3) is 0.304. The molecule has 0 radical (unpaired) electrons. The number of aromatic hydroxyl groups is 1. The van der Waals surface area contributed by atoms with Gasteiger partial charge in [-0.05, 0) is 132 Å². The minimum atomic E-state index is -0.215. The standard InChI is InChI=1S/C22H20O.C16H18O.C6H4BrF.CH4NP.CH4/c1-2-8-15(9-3-1)19-14-16-10-4-5-11-17(16)21-18-12-6-7-13-20(18)23-22(19)21;17-16-11-14-9-5-4-8-13(14)10-15(16)12-6-2-1-3-7-12;7-5-3-1-2-4-6(5)8;1-2-3;/h4-7,10-15H,1-3,8-9H2;4-5,8-12,17H,1-3,6-7H2;1-4H;3H,1H3;1H4. The molecule has 0 atom stereocenters. The maximum Gasteiger partial charge on any atom is 0.139 e. The van der Waals surface area contributed by atoms with E-state index >= 15 is 0 Å². The first-order valence-corrected chi connectivity index (χ1v) is 19.4. The molecule has 6 aromatic carbocycles. The van der Waals surface area contributed by atoms with Gasteiger partial charge in [-0.25, -0.2) is 4.39 Å². The van der Waals surface area contributed by atoms with Gasteiger partial charge >= 0.3 is 0 Å². The predicted octanol–water partition coefficient (Wildman–Crippen LogP) is 15.5. The van der Waals surface area contributed by atoms with E-state index in [2.05, 4.69) is 109 Å². The Morgan fingerprint density at radius 1 is 0.654 bits per heavy atom. The zero-order valence-electron chi connectivity index (χ0n) is 29.3. The zero-order valence-corrected chi connectivity index (χ0v) is 31.8. The van der Waals surface area contributed by atoms with Crippen molar-refractivity contribution in [2.45, 2.75) is 83.5 Å². The minimum Gasteiger partial charge on any atom is -0.508 e. The number of phenolic OH excluding ortho intramolecular Hbond substituents is 1. The summed E-state index contributed by atoms with van der Waals surface area (Å²) in [6.45, 7) is 0. The molecule has 0 bridgehead atoms. The summed E-state index contributed by atoms with van der Waals surface area (Å²) in [6, 6.07) is 38.4. The molecule has 6 heteroatoms. The molecule has 0 saturated heterocycles.